The smallest absolute Gasteiger partial charge is 0.261 e. The molecule has 2 aromatic carbocycles. The molecule has 2 heterocycles. The van der Waals surface area contributed by atoms with Crippen molar-refractivity contribution in [3.05, 3.63) is 82.5 Å². The van der Waals surface area contributed by atoms with Crippen molar-refractivity contribution >= 4 is 16.8 Å². The molecule has 1 atom stereocenters. The van der Waals surface area contributed by atoms with Crippen LogP contribution in [0.4, 0.5) is 0 Å². The second-order valence-corrected chi connectivity index (χ2v) is 6.78. The molecule has 4 aromatic rings. The van der Waals surface area contributed by atoms with Crippen LogP contribution >= 0.6 is 0 Å². The minimum atomic E-state index is -2.58. The average Bonchev–Trinajstić information content (AvgIpc) is 3.18. The lowest BCUT2D eigenvalue weighted by Gasteiger charge is -2.16. The zero-order chi connectivity index (χ0) is 23.0. The van der Waals surface area contributed by atoms with Crippen LogP contribution in [0.2, 0.25) is 0 Å². The van der Waals surface area contributed by atoms with Gasteiger partial charge in [0.25, 0.3) is 11.5 Å². The molecule has 1 N–H and O–H groups in total. The van der Waals surface area contributed by atoms with Crippen LogP contribution in [0, 0.1) is 0 Å². The highest BCUT2D eigenvalue weighted by Gasteiger charge is 2.15. The lowest BCUT2D eigenvalue weighted by molar-refractivity contribution is 0.0963. The van der Waals surface area contributed by atoms with E-state index in [1.165, 1.54) is 17.0 Å². The van der Waals surface area contributed by atoms with E-state index in [0.29, 0.717) is 16.5 Å². The summed E-state index contributed by atoms with van der Waals surface area (Å²) in [5, 5.41) is 6.62. The number of benzene rings is 2. The number of nitrogens with one attached hydrogen (secondary N) is 1. The number of aromatic nitrogens is 4. The molecule has 29 heavy (non-hydrogen) atoms. The van der Waals surface area contributed by atoms with Crippen molar-refractivity contribution in [3.63, 3.8) is 0 Å². The predicted molar refractivity (Wildman–Crippen MR) is 112 cm³/mol. The Labute approximate surface area is 171 Å². The van der Waals surface area contributed by atoms with Crippen molar-refractivity contribution in [2.45, 2.75) is 13.0 Å². The fourth-order valence-corrected chi connectivity index (χ4v) is 3.40. The van der Waals surface area contributed by atoms with Gasteiger partial charge >= 0.3 is 0 Å². The third-order valence-corrected chi connectivity index (χ3v) is 5.06. The summed E-state index contributed by atoms with van der Waals surface area (Å²) in [6.07, 6.45) is 3.19. The van der Waals surface area contributed by atoms with Gasteiger partial charge in [0.2, 0.25) is 0 Å². The van der Waals surface area contributed by atoms with Crippen LogP contribution in [0.3, 0.4) is 0 Å². The molecular formula is C22H21N5O2. The van der Waals surface area contributed by atoms with Gasteiger partial charge in [-0.05, 0) is 42.8 Å². The number of rotatable bonds is 4. The van der Waals surface area contributed by atoms with E-state index in [4.69, 9.17) is 4.11 Å². The van der Waals surface area contributed by atoms with Gasteiger partial charge in [-0.2, -0.15) is 5.10 Å². The summed E-state index contributed by atoms with van der Waals surface area (Å²) < 4.78 is 24.9. The molecule has 1 amide bonds. The maximum absolute atomic E-state index is 13.2. The number of amides is 1. The van der Waals surface area contributed by atoms with Crippen LogP contribution in [0.5, 0.6) is 0 Å². The third kappa shape index (κ3) is 3.31. The number of hydrogen-bond acceptors (Lipinski definition) is 4. The topological polar surface area (TPSA) is 81.8 Å². The molecule has 0 radical (unpaired) electrons. The van der Waals surface area contributed by atoms with Gasteiger partial charge in [0.15, 0.2) is 0 Å². The molecule has 0 fully saturated rings. The van der Waals surface area contributed by atoms with Gasteiger partial charge < -0.3 is 5.32 Å². The van der Waals surface area contributed by atoms with Crippen LogP contribution in [0.15, 0.2) is 65.8 Å². The molecule has 7 heteroatoms. The van der Waals surface area contributed by atoms with Crippen LogP contribution < -0.4 is 10.9 Å². The number of carbonyl (C=O) groups excluding carboxylic acids is 1. The molecule has 1 unspecified atom stereocenters. The quantitative estimate of drug-likeness (QED) is 0.581. The molecule has 0 saturated heterocycles. The summed E-state index contributed by atoms with van der Waals surface area (Å²) in [7, 11) is 1.85. The third-order valence-electron chi connectivity index (χ3n) is 5.06. The first-order valence-corrected chi connectivity index (χ1v) is 9.06. The molecule has 2 aromatic heterocycles. The second-order valence-electron chi connectivity index (χ2n) is 6.78. The summed E-state index contributed by atoms with van der Waals surface area (Å²) in [6.45, 7) is -0.758. The van der Waals surface area contributed by atoms with E-state index in [1.54, 1.807) is 35.1 Å². The molecular weight excluding hydrogens is 366 g/mol. The molecule has 4 rings (SSSR count). The Kier molecular flexibility index (Phi) is 3.86. The largest absolute Gasteiger partial charge is 0.355 e. The van der Waals surface area contributed by atoms with Crippen molar-refractivity contribution in [2.75, 3.05) is 6.98 Å². The first kappa shape index (κ1) is 15.2. The van der Waals surface area contributed by atoms with Gasteiger partial charge in [-0.1, -0.05) is 18.2 Å². The fourth-order valence-electron chi connectivity index (χ4n) is 3.40. The van der Waals surface area contributed by atoms with Crippen LogP contribution in [-0.4, -0.2) is 32.2 Å². The van der Waals surface area contributed by atoms with Crippen LogP contribution in [0.25, 0.3) is 22.2 Å². The molecule has 0 spiro atoms. The van der Waals surface area contributed by atoms with Crippen LogP contribution in [-0.2, 0) is 7.05 Å². The monoisotopic (exact) mass is 390 g/mol. The maximum Gasteiger partial charge on any atom is 0.261 e. The predicted octanol–water partition coefficient (Wildman–Crippen LogP) is 2.77. The summed E-state index contributed by atoms with van der Waals surface area (Å²) in [4.78, 5) is 29.8. The van der Waals surface area contributed by atoms with Crippen molar-refractivity contribution in [2.24, 2.45) is 7.05 Å². The first-order chi connectivity index (χ1) is 15.1. The van der Waals surface area contributed by atoms with Crippen molar-refractivity contribution in [1.82, 2.24) is 24.6 Å². The molecule has 0 aliphatic heterocycles. The van der Waals surface area contributed by atoms with Gasteiger partial charge in [-0.3, -0.25) is 18.8 Å². The zero-order valence-electron chi connectivity index (χ0n) is 19.0. The lowest BCUT2D eigenvalue weighted by Crippen LogP contribution is -2.25. The van der Waals surface area contributed by atoms with E-state index < -0.39 is 18.9 Å². The maximum atomic E-state index is 13.2. The number of fused-ring (bicyclic) bond motifs is 1. The SMILES string of the molecule is [2H]C([2H])([2H])NC(=O)c1cccc(C(C)n2cnc3cc(-c4ccnn4C)ccc3c2=O)c1. The van der Waals surface area contributed by atoms with Gasteiger partial charge in [0.1, 0.15) is 0 Å². The molecule has 0 bridgehead atoms. The molecule has 146 valence electrons. The minimum Gasteiger partial charge on any atom is -0.355 e. The minimum absolute atomic E-state index is 0.202. The number of carbonyl (C=O) groups is 1. The van der Waals surface area contributed by atoms with Crippen LogP contribution in [0.1, 0.15) is 33.0 Å². The summed E-state index contributed by atoms with van der Waals surface area (Å²) in [5.74, 6) is -0.703. The van der Waals surface area contributed by atoms with E-state index in [1.807, 2.05) is 37.5 Å². The highest BCUT2D eigenvalue weighted by atomic mass is 16.1. The number of aryl methyl sites for hydroxylation is 1. The summed E-state index contributed by atoms with van der Waals surface area (Å²) >= 11 is 0. The molecule has 0 aliphatic rings. The van der Waals surface area contributed by atoms with E-state index in [-0.39, 0.29) is 11.1 Å². The van der Waals surface area contributed by atoms with Crippen molar-refractivity contribution in [1.29, 1.82) is 0 Å². The van der Waals surface area contributed by atoms with Gasteiger partial charge in [0, 0.05) is 35.5 Å². The van der Waals surface area contributed by atoms with Gasteiger partial charge in [0.05, 0.1) is 29.0 Å². The Morgan fingerprint density at radius 1 is 1.21 bits per heavy atom. The van der Waals surface area contributed by atoms with E-state index >= 15 is 0 Å². The Bertz CT molecular complexity index is 1370. The van der Waals surface area contributed by atoms with E-state index in [0.717, 1.165) is 11.3 Å². The fraction of sp³-hybridized carbons (Fsp3) is 0.182. The lowest BCUT2D eigenvalue weighted by atomic mass is 10.0. The normalized spacial score (nSPS) is 14.1. The summed E-state index contributed by atoms with van der Waals surface area (Å²) in [6, 6.07) is 13.5. The highest BCUT2D eigenvalue weighted by Crippen LogP contribution is 2.23. The van der Waals surface area contributed by atoms with E-state index in [9.17, 15) is 9.59 Å². The molecule has 0 aliphatic carbocycles. The van der Waals surface area contributed by atoms with Gasteiger partial charge in [-0.25, -0.2) is 4.98 Å². The van der Waals surface area contributed by atoms with Gasteiger partial charge in [-0.15, -0.1) is 0 Å². The van der Waals surface area contributed by atoms with E-state index in [2.05, 4.69) is 10.1 Å². The second kappa shape index (κ2) is 7.35. The Balaban J connectivity index is 1.69. The Hall–Kier alpha value is -3.74. The highest BCUT2D eigenvalue weighted by molar-refractivity contribution is 5.94. The summed E-state index contributed by atoms with van der Waals surface area (Å²) in [5.41, 5.74) is 3.06. The first-order valence-electron chi connectivity index (χ1n) is 10.6. The average molecular weight is 390 g/mol. The van der Waals surface area contributed by atoms with Crippen molar-refractivity contribution in [3.8, 4) is 11.3 Å². The Morgan fingerprint density at radius 3 is 2.83 bits per heavy atom. The van der Waals surface area contributed by atoms with Crippen molar-refractivity contribution < 1.29 is 8.91 Å². The zero-order valence-corrected chi connectivity index (χ0v) is 16.0. The Morgan fingerprint density at radius 2 is 2.07 bits per heavy atom. The molecule has 7 nitrogen and oxygen atoms in total. The standard InChI is InChI=1S/C22H21N5O2/c1-14(15-5-4-6-17(11-15)21(28)23-2)27-13-24-19-12-16(7-8-18(19)22(27)29)20-9-10-25-26(20)3/h4-14H,1-3H3,(H,23,28)/i2D3. The number of hydrogen-bond donors (Lipinski definition) is 1. The molecule has 0 saturated carbocycles. The number of nitrogens with zero attached hydrogens (tertiary/aromatic N) is 4.